The van der Waals surface area contributed by atoms with Crippen LogP contribution in [0.5, 0.6) is 23.0 Å². The molecule has 0 spiro atoms. The number of phenolic OH excluding ortho intramolecular Hbond substituents is 4. The van der Waals surface area contributed by atoms with E-state index in [4.69, 9.17) is 10.2 Å². The van der Waals surface area contributed by atoms with E-state index in [0.29, 0.717) is 12.2 Å². The molecule has 0 heterocycles. The van der Waals surface area contributed by atoms with Crippen LogP contribution in [0.4, 0.5) is 0 Å². The quantitative estimate of drug-likeness (QED) is 0.0575. The number of aliphatic carboxylic acids is 2. The van der Waals surface area contributed by atoms with E-state index in [2.05, 4.69) is 51.8 Å². The lowest BCUT2D eigenvalue weighted by Gasteiger charge is -2.27. The molecule has 2 aromatic carbocycles. The largest absolute Gasteiger partial charge is 0.546 e. The fourth-order valence-corrected chi connectivity index (χ4v) is 3.01. The summed E-state index contributed by atoms with van der Waals surface area (Å²) in [5.41, 5.74) is 0.399. The van der Waals surface area contributed by atoms with Crippen molar-refractivity contribution in [3.63, 3.8) is 0 Å². The third-order valence-electron chi connectivity index (χ3n) is 5.59. The van der Waals surface area contributed by atoms with E-state index in [1.165, 1.54) is 12.1 Å². The van der Waals surface area contributed by atoms with Gasteiger partial charge in [0.2, 0.25) is 0 Å². The van der Waals surface area contributed by atoms with Crippen LogP contribution in [-0.4, -0.2) is 144 Å². The lowest BCUT2D eigenvalue weighted by molar-refractivity contribution is -0.870. The van der Waals surface area contributed by atoms with Crippen LogP contribution in [0.2, 0.25) is 0 Å². The number of quaternary nitrogens is 2. The Morgan fingerprint density at radius 2 is 0.938 bits per heavy atom. The monoisotopic (exact) mass is 680 g/mol. The smallest absolute Gasteiger partial charge is 0.331 e. The van der Waals surface area contributed by atoms with Gasteiger partial charge in [0.25, 0.3) is 0 Å². The Labute approximate surface area is 278 Å². The second-order valence-electron chi connectivity index (χ2n) is 12.0. The summed E-state index contributed by atoms with van der Waals surface area (Å²) in [6, 6.07) is 6.95. The third-order valence-corrected chi connectivity index (χ3v) is 5.59. The van der Waals surface area contributed by atoms with Gasteiger partial charge in [-0.1, -0.05) is 12.1 Å². The van der Waals surface area contributed by atoms with Gasteiger partial charge < -0.3 is 68.9 Å². The minimum absolute atomic E-state index is 0.200. The summed E-state index contributed by atoms with van der Waals surface area (Å²) in [6.45, 7) is 2.23. The number of rotatable bonds is 13. The van der Waals surface area contributed by atoms with Crippen molar-refractivity contribution in [3.8, 4) is 23.0 Å². The van der Waals surface area contributed by atoms with E-state index in [0.717, 1.165) is 58.5 Å². The molecule has 266 valence electrons. The van der Waals surface area contributed by atoms with Crippen LogP contribution in [0.15, 0.2) is 48.6 Å². The highest BCUT2D eigenvalue weighted by molar-refractivity contribution is 5.93. The predicted molar refractivity (Wildman–Crippen MR) is 167 cm³/mol. The highest BCUT2D eigenvalue weighted by atomic mass is 16.6. The van der Waals surface area contributed by atoms with Gasteiger partial charge in [-0.3, -0.25) is 0 Å². The molecule has 0 saturated carbocycles. The summed E-state index contributed by atoms with van der Waals surface area (Å²) in [5.74, 6) is -8.96. The van der Waals surface area contributed by atoms with E-state index < -0.39 is 59.1 Å². The summed E-state index contributed by atoms with van der Waals surface area (Å²) >= 11 is 0. The molecular formula is C32H44N2O14. The number of phenols is 4. The Hall–Kier alpha value is -5.16. The van der Waals surface area contributed by atoms with E-state index in [9.17, 15) is 49.8 Å². The average Bonchev–Trinajstić information content (AvgIpc) is 2.95. The van der Waals surface area contributed by atoms with E-state index in [1.54, 1.807) is 0 Å². The number of aliphatic hydroxyl groups excluding tert-OH is 2. The molecular weight excluding hydrogens is 636 g/mol. The minimum Gasteiger partial charge on any atom is -0.546 e. The van der Waals surface area contributed by atoms with Crippen molar-refractivity contribution in [1.82, 2.24) is 0 Å². The Bertz CT molecular complexity index is 1320. The van der Waals surface area contributed by atoms with Gasteiger partial charge in [0.05, 0.1) is 67.4 Å². The van der Waals surface area contributed by atoms with Crippen molar-refractivity contribution in [2.75, 3.05) is 68.6 Å². The number of carboxylic acids is 2. The lowest BCUT2D eigenvalue weighted by Crippen LogP contribution is -2.54. The number of aromatic hydroxyl groups is 4. The van der Waals surface area contributed by atoms with Gasteiger partial charge in [0.1, 0.15) is 13.1 Å². The van der Waals surface area contributed by atoms with Gasteiger partial charge in [-0.25, -0.2) is 9.59 Å². The molecule has 2 atom stereocenters. The molecule has 48 heavy (non-hydrogen) atoms. The number of carbonyl (C=O) groups excluding carboxylic acids is 4. The van der Waals surface area contributed by atoms with Crippen LogP contribution in [0, 0.1) is 0 Å². The van der Waals surface area contributed by atoms with E-state index in [1.807, 2.05) is 0 Å². The van der Waals surface area contributed by atoms with Gasteiger partial charge >= 0.3 is 11.9 Å². The lowest BCUT2D eigenvalue weighted by atomic mass is 10.2. The number of carbonyl (C=O) groups is 4. The number of nitrogens with zero attached hydrogens (tertiary/aromatic N) is 2. The standard InChI is InChI=1S/C22H18O12.2C5H14NO/c23-13-5-1-11(9-15(13)25)3-7-17(27)33-19(21(29)30)20(22(31)32)34-18(28)8-4-12-2-6-14(24)16(26)10-12;2*1-6(2,3)4-5-7/h1-10,19-20,23-26H,(H,29,30)(H,31,32);2*7H,4-5H2,1-3H3/q;2*+1/p-2/b7-3+,8-4+;;. The Kier molecular flexibility index (Phi) is 18.0. The average molecular weight is 681 g/mol. The summed E-state index contributed by atoms with van der Waals surface area (Å²) in [4.78, 5) is 46.6. The number of carboxylic acid groups (broad SMARTS) is 2. The fraction of sp³-hybridized carbons (Fsp3) is 0.375. The molecule has 0 saturated heterocycles. The van der Waals surface area contributed by atoms with Gasteiger partial charge in [0.15, 0.2) is 35.2 Å². The number of benzene rings is 2. The zero-order chi connectivity index (χ0) is 37.2. The van der Waals surface area contributed by atoms with Gasteiger partial charge in [-0.05, 0) is 47.5 Å². The maximum atomic E-state index is 11.9. The zero-order valence-corrected chi connectivity index (χ0v) is 27.6. The number of hydrogen-bond donors (Lipinski definition) is 6. The molecule has 16 nitrogen and oxygen atoms in total. The molecule has 0 aliphatic carbocycles. The number of hydrogen-bond acceptors (Lipinski definition) is 14. The number of aliphatic hydroxyl groups is 2. The minimum atomic E-state index is -2.58. The van der Waals surface area contributed by atoms with Crippen LogP contribution in [0.25, 0.3) is 12.2 Å². The Balaban J connectivity index is 0.00000131. The van der Waals surface area contributed by atoms with Gasteiger partial charge in [-0.15, -0.1) is 0 Å². The summed E-state index contributed by atoms with van der Waals surface area (Å²) in [6.07, 6.45) is -1.66. The van der Waals surface area contributed by atoms with Crippen molar-refractivity contribution in [2.45, 2.75) is 12.2 Å². The van der Waals surface area contributed by atoms with Crippen molar-refractivity contribution in [2.24, 2.45) is 0 Å². The Morgan fingerprint density at radius 3 is 1.15 bits per heavy atom. The van der Waals surface area contributed by atoms with Gasteiger partial charge in [-0.2, -0.15) is 0 Å². The number of likely N-dealkylation sites (N-methyl/N-ethyl adjacent to an activating group) is 2. The maximum absolute atomic E-state index is 11.9. The first-order chi connectivity index (χ1) is 22.1. The predicted octanol–water partition coefficient (Wildman–Crippen LogP) is -2.07. The molecule has 2 aromatic rings. The van der Waals surface area contributed by atoms with Crippen LogP contribution < -0.4 is 10.2 Å². The molecule has 0 bridgehead atoms. The molecule has 6 N–H and O–H groups in total. The topological polar surface area (TPSA) is 254 Å². The maximum Gasteiger partial charge on any atom is 0.331 e. The first kappa shape index (κ1) is 42.8. The molecule has 0 fully saturated rings. The van der Waals surface area contributed by atoms with Crippen molar-refractivity contribution < 1.29 is 78.5 Å². The van der Waals surface area contributed by atoms with Crippen molar-refractivity contribution >= 4 is 36.0 Å². The molecule has 2 unspecified atom stereocenters. The fourth-order valence-electron chi connectivity index (χ4n) is 3.01. The van der Waals surface area contributed by atoms with Gasteiger partial charge in [0, 0.05) is 12.2 Å². The van der Waals surface area contributed by atoms with Crippen molar-refractivity contribution in [3.05, 3.63) is 59.7 Å². The number of ether oxygens (including phenoxy) is 2. The first-order valence-electron chi connectivity index (χ1n) is 14.2. The SMILES string of the molecule is C[N+](C)(C)CCO.C[N+](C)(C)CCO.O=C(/C=C/c1ccc(O)c(O)c1)OC(C(=O)[O-])C(OC(=O)/C=C/c1ccc(O)c(O)c1)C(=O)[O-]. The van der Waals surface area contributed by atoms with E-state index in [-0.39, 0.29) is 24.3 Å². The van der Waals surface area contributed by atoms with E-state index >= 15 is 0 Å². The van der Waals surface area contributed by atoms with Crippen molar-refractivity contribution in [1.29, 1.82) is 0 Å². The number of esters is 2. The second-order valence-corrected chi connectivity index (χ2v) is 12.0. The molecule has 0 amide bonds. The molecule has 16 heteroatoms. The molecule has 0 aromatic heterocycles. The first-order valence-corrected chi connectivity index (χ1v) is 14.2. The normalized spacial score (nSPS) is 12.6. The third kappa shape index (κ3) is 18.7. The highest BCUT2D eigenvalue weighted by Crippen LogP contribution is 2.26. The summed E-state index contributed by atoms with van der Waals surface area (Å²) in [5, 5.41) is 76.8. The van der Waals surface area contributed by atoms with Crippen LogP contribution in [0.3, 0.4) is 0 Å². The molecule has 2 rings (SSSR count). The van der Waals surface area contributed by atoms with Crippen LogP contribution >= 0.6 is 0 Å². The highest BCUT2D eigenvalue weighted by Gasteiger charge is 2.30. The summed E-state index contributed by atoms with van der Waals surface area (Å²) < 4.78 is 10.7. The second kappa shape index (κ2) is 20.2. The molecule has 0 aliphatic rings. The molecule has 0 aliphatic heterocycles. The zero-order valence-electron chi connectivity index (χ0n) is 27.6. The summed E-state index contributed by atoms with van der Waals surface area (Å²) in [7, 11) is 12.3. The van der Waals surface area contributed by atoms with Crippen LogP contribution in [-0.2, 0) is 28.7 Å². The van der Waals surface area contributed by atoms with Crippen LogP contribution in [0.1, 0.15) is 11.1 Å². The molecule has 0 radical (unpaired) electrons. The Morgan fingerprint density at radius 1 is 0.625 bits per heavy atom.